The van der Waals surface area contributed by atoms with E-state index in [-0.39, 0.29) is 11.8 Å². The van der Waals surface area contributed by atoms with Gasteiger partial charge in [-0.3, -0.25) is 14.5 Å². The molecule has 1 aliphatic heterocycles. The first-order valence-corrected chi connectivity index (χ1v) is 10.7. The Labute approximate surface area is 185 Å². The lowest BCUT2D eigenvalue weighted by molar-refractivity contribution is -0.122. The van der Waals surface area contributed by atoms with Crippen molar-refractivity contribution >= 4 is 51.9 Å². The third kappa shape index (κ3) is 6.05. The molecule has 154 valence electrons. The Hall–Kier alpha value is -2.90. The SMILES string of the molecule is COc1ccc(NC(=O)CCCN2C(=O)/C(=C/C=C/c3ccccc3)SC2=S)cc1. The first-order valence-electron chi connectivity index (χ1n) is 9.48. The maximum atomic E-state index is 12.6. The van der Waals surface area contributed by atoms with Gasteiger partial charge in [0, 0.05) is 18.7 Å². The minimum absolute atomic E-state index is 0.105. The third-order valence-corrected chi connectivity index (χ3v) is 5.76. The number of amides is 2. The van der Waals surface area contributed by atoms with Gasteiger partial charge in [-0.15, -0.1) is 0 Å². The third-order valence-electron chi connectivity index (χ3n) is 4.37. The zero-order chi connectivity index (χ0) is 21.3. The molecule has 2 aromatic carbocycles. The molecule has 2 aromatic rings. The Bertz CT molecular complexity index is 970. The molecule has 0 aromatic heterocycles. The molecule has 3 rings (SSSR count). The second kappa shape index (κ2) is 10.8. The maximum absolute atomic E-state index is 12.6. The number of thioether (sulfide) groups is 1. The zero-order valence-corrected chi connectivity index (χ0v) is 18.2. The quantitative estimate of drug-likeness (QED) is 0.471. The Morgan fingerprint density at radius 1 is 1.17 bits per heavy atom. The molecule has 0 saturated carbocycles. The number of allylic oxidation sites excluding steroid dienone is 2. The maximum Gasteiger partial charge on any atom is 0.266 e. The van der Waals surface area contributed by atoms with E-state index in [9.17, 15) is 9.59 Å². The van der Waals surface area contributed by atoms with Crippen molar-refractivity contribution in [2.24, 2.45) is 0 Å². The van der Waals surface area contributed by atoms with Crippen LogP contribution in [-0.2, 0) is 9.59 Å². The van der Waals surface area contributed by atoms with E-state index in [0.717, 1.165) is 11.3 Å². The molecule has 30 heavy (non-hydrogen) atoms. The second-order valence-corrected chi connectivity index (χ2v) is 8.18. The summed E-state index contributed by atoms with van der Waals surface area (Å²) >= 11 is 6.62. The normalized spacial score (nSPS) is 15.2. The fraction of sp³-hybridized carbons (Fsp3) is 0.174. The van der Waals surface area contributed by atoms with E-state index in [1.54, 1.807) is 42.4 Å². The van der Waals surface area contributed by atoms with Crippen molar-refractivity contribution in [3.05, 3.63) is 77.2 Å². The zero-order valence-electron chi connectivity index (χ0n) is 16.5. The fourth-order valence-electron chi connectivity index (χ4n) is 2.81. The van der Waals surface area contributed by atoms with E-state index in [2.05, 4.69) is 5.32 Å². The minimum atomic E-state index is -0.113. The van der Waals surface area contributed by atoms with Crippen LogP contribution >= 0.6 is 24.0 Å². The van der Waals surface area contributed by atoms with E-state index >= 15 is 0 Å². The van der Waals surface area contributed by atoms with E-state index in [1.165, 1.54) is 11.8 Å². The van der Waals surface area contributed by atoms with Crippen LogP contribution in [0.1, 0.15) is 18.4 Å². The standard InChI is InChI=1S/C23H22N2O3S2/c1-28-19-14-12-18(13-15-19)24-21(26)11-6-16-25-22(27)20(30-23(25)29)10-5-9-17-7-3-2-4-8-17/h2-5,7-10,12-15H,6,11,16H2,1H3,(H,24,26)/b9-5+,20-10-. The summed E-state index contributed by atoms with van der Waals surface area (Å²) in [6.07, 6.45) is 6.40. The van der Waals surface area contributed by atoms with Crippen LogP contribution in [0.3, 0.4) is 0 Å². The lowest BCUT2D eigenvalue weighted by Crippen LogP contribution is -2.29. The average molecular weight is 439 g/mol. The van der Waals surface area contributed by atoms with Gasteiger partial charge in [0.1, 0.15) is 10.1 Å². The summed E-state index contributed by atoms with van der Waals surface area (Å²) in [5, 5.41) is 2.84. The molecule has 0 bridgehead atoms. The molecule has 0 unspecified atom stereocenters. The smallest absolute Gasteiger partial charge is 0.266 e. The summed E-state index contributed by atoms with van der Waals surface area (Å²) < 4.78 is 5.62. The summed E-state index contributed by atoms with van der Waals surface area (Å²) in [4.78, 5) is 26.9. The van der Waals surface area contributed by atoms with Gasteiger partial charge >= 0.3 is 0 Å². The monoisotopic (exact) mass is 438 g/mol. The summed E-state index contributed by atoms with van der Waals surface area (Å²) in [5.74, 6) is 0.513. The van der Waals surface area contributed by atoms with Gasteiger partial charge in [-0.2, -0.15) is 0 Å². The van der Waals surface area contributed by atoms with E-state index < -0.39 is 0 Å². The van der Waals surface area contributed by atoms with Crippen molar-refractivity contribution in [1.29, 1.82) is 0 Å². The molecule has 1 N–H and O–H groups in total. The molecule has 5 nitrogen and oxygen atoms in total. The van der Waals surface area contributed by atoms with Gasteiger partial charge in [-0.25, -0.2) is 0 Å². The summed E-state index contributed by atoms with van der Waals surface area (Å²) in [6.45, 7) is 0.417. The number of nitrogens with zero attached hydrogens (tertiary/aromatic N) is 1. The topological polar surface area (TPSA) is 58.6 Å². The predicted octanol–water partition coefficient (Wildman–Crippen LogP) is 4.87. The largest absolute Gasteiger partial charge is 0.497 e. The molecule has 0 aliphatic carbocycles. The van der Waals surface area contributed by atoms with Crippen molar-refractivity contribution in [1.82, 2.24) is 4.90 Å². The van der Waals surface area contributed by atoms with Gasteiger partial charge in [0.05, 0.1) is 12.0 Å². The molecule has 7 heteroatoms. The van der Waals surface area contributed by atoms with Crippen LogP contribution in [-0.4, -0.2) is 34.7 Å². The Kier molecular flexibility index (Phi) is 7.82. The predicted molar refractivity (Wildman–Crippen MR) is 126 cm³/mol. The number of rotatable bonds is 8. The molecule has 1 saturated heterocycles. The van der Waals surface area contributed by atoms with Crippen LogP contribution in [0.4, 0.5) is 5.69 Å². The molecule has 0 spiro atoms. The highest BCUT2D eigenvalue weighted by molar-refractivity contribution is 8.26. The van der Waals surface area contributed by atoms with Crippen LogP contribution < -0.4 is 10.1 Å². The minimum Gasteiger partial charge on any atom is -0.497 e. The lowest BCUT2D eigenvalue weighted by atomic mass is 10.2. The fourth-order valence-corrected chi connectivity index (χ4v) is 4.07. The lowest BCUT2D eigenvalue weighted by Gasteiger charge is -2.14. The number of nitrogens with one attached hydrogen (secondary N) is 1. The molecule has 1 aliphatic rings. The highest BCUT2D eigenvalue weighted by Gasteiger charge is 2.31. The van der Waals surface area contributed by atoms with Crippen LogP contribution in [0, 0.1) is 0 Å². The van der Waals surface area contributed by atoms with Gasteiger partial charge in [0.2, 0.25) is 5.91 Å². The van der Waals surface area contributed by atoms with Gasteiger partial charge in [0.25, 0.3) is 5.91 Å². The van der Waals surface area contributed by atoms with Gasteiger partial charge in [-0.1, -0.05) is 66.5 Å². The molecule has 0 radical (unpaired) electrons. The van der Waals surface area contributed by atoms with Gasteiger partial charge in [-0.05, 0) is 42.3 Å². The molecule has 0 atom stereocenters. The first-order chi connectivity index (χ1) is 14.6. The number of carbonyl (C=O) groups is 2. The highest BCUT2D eigenvalue weighted by Crippen LogP contribution is 2.31. The number of benzene rings is 2. The van der Waals surface area contributed by atoms with E-state index in [0.29, 0.717) is 34.3 Å². The van der Waals surface area contributed by atoms with Crippen LogP contribution in [0.5, 0.6) is 5.75 Å². The van der Waals surface area contributed by atoms with E-state index in [1.807, 2.05) is 42.5 Å². The number of ether oxygens (including phenoxy) is 1. The van der Waals surface area contributed by atoms with Crippen molar-refractivity contribution in [3.8, 4) is 5.75 Å². The first kappa shape index (κ1) is 21.8. The summed E-state index contributed by atoms with van der Waals surface area (Å²) in [5.41, 5.74) is 1.77. The van der Waals surface area contributed by atoms with Crippen molar-refractivity contribution in [2.75, 3.05) is 19.0 Å². The number of hydrogen-bond donors (Lipinski definition) is 1. The number of carbonyl (C=O) groups excluding carboxylic acids is 2. The Balaban J connectivity index is 1.47. The van der Waals surface area contributed by atoms with Gasteiger partial charge < -0.3 is 10.1 Å². The van der Waals surface area contributed by atoms with Crippen molar-refractivity contribution < 1.29 is 14.3 Å². The molecule has 2 amide bonds. The number of hydrogen-bond acceptors (Lipinski definition) is 5. The summed E-state index contributed by atoms with van der Waals surface area (Å²) in [7, 11) is 1.59. The van der Waals surface area contributed by atoms with Crippen LogP contribution in [0.25, 0.3) is 6.08 Å². The number of methoxy groups -OCH3 is 1. The number of anilines is 1. The Morgan fingerprint density at radius 3 is 2.60 bits per heavy atom. The average Bonchev–Trinajstić information content (AvgIpc) is 3.02. The van der Waals surface area contributed by atoms with E-state index in [4.69, 9.17) is 17.0 Å². The summed E-state index contributed by atoms with van der Waals surface area (Å²) in [6, 6.07) is 17.0. The molecule has 1 heterocycles. The van der Waals surface area contributed by atoms with Crippen LogP contribution in [0.2, 0.25) is 0 Å². The number of thiocarbonyl (C=S) groups is 1. The second-order valence-electron chi connectivity index (χ2n) is 6.51. The van der Waals surface area contributed by atoms with Crippen LogP contribution in [0.15, 0.2) is 71.7 Å². The highest BCUT2D eigenvalue weighted by atomic mass is 32.2. The van der Waals surface area contributed by atoms with Gasteiger partial charge in [0.15, 0.2) is 0 Å². The van der Waals surface area contributed by atoms with Crippen molar-refractivity contribution in [3.63, 3.8) is 0 Å². The van der Waals surface area contributed by atoms with Crippen molar-refractivity contribution in [2.45, 2.75) is 12.8 Å². The molecule has 1 fully saturated rings. The Morgan fingerprint density at radius 2 is 1.90 bits per heavy atom. The molecular formula is C23H22N2O3S2. The molecular weight excluding hydrogens is 416 g/mol.